The molecule has 0 bridgehead atoms. The van der Waals surface area contributed by atoms with Gasteiger partial charge in [-0.3, -0.25) is 4.68 Å². The fraction of sp³-hybridized carbons (Fsp3) is 0.769. The highest BCUT2D eigenvalue weighted by Crippen LogP contribution is 2.19. The van der Waals surface area contributed by atoms with Gasteiger partial charge in [0, 0.05) is 19.6 Å². The van der Waals surface area contributed by atoms with E-state index < -0.39 is 10.0 Å². The van der Waals surface area contributed by atoms with Crippen molar-refractivity contribution in [2.45, 2.75) is 31.7 Å². The monoisotopic (exact) mass is 317 g/mol. The van der Waals surface area contributed by atoms with Crippen LogP contribution in [-0.2, 0) is 16.6 Å². The molecule has 0 atom stereocenters. The zero-order valence-electron chi connectivity index (χ0n) is 13.6. The minimum absolute atomic E-state index is 0.311. The molecule has 21 heavy (non-hydrogen) atoms. The van der Waals surface area contributed by atoms with E-state index in [1.807, 2.05) is 26.0 Å². The van der Waals surface area contributed by atoms with Crippen LogP contribution in [0.3, 0.4) is 0 Å². The largest absolute Gasteiger partial charge is 0.320 e. The molecule has 0 aliphatic heterocycles. The highest BCUT2D eigenvalue weighted by molar-refractivity contribution is 7.89. The second kappa shape index (κ2) is 7.88. The average molecular weight is 317 g/mol. The minimum Gasteiger partial charge on any atom is -0.320 e. The van der Waals surface area contributed by atoms with E-state index in [9.17, 15) is 8.42 Å². The normalized spacial score (nSPS) is 12.3. The summed E-state index contributed by atoms with van der Waals surface area (Å²) in [6, 6.07) is 0. The first kappa shape index (κ1) is 18.1. The maximum Gasteiger partial charge on any atom is 0.244 e. The van der Waals surface area contributed by atoms with Gasteiger partial charge >= 0.3 is 0 Å². The first-order chi connectivity index (χ1) is 9.79. The third-order valence-electron chi connectivity index (χ3n) is 3.23. The molecule has 0 amide bonds. The molecule has 0 saturated carbocycles. The number of hydrogen-bond donors (Lipinski definition) is 2. The van der Waals surface area contributed by atoms with Gasteiger partial charge in [-0.25, -0.2) is 13.1 Å². The molecule has 8 heteroatoms. The van der Waals surface area contributed by atoms with Gasteiger partial charge < -0.3 is 10.2 Å². The molecule has 1 aromatic rings. The molecule has 0 aromatic carbocycles. The molecule has 0 spiro atoms. The summed E-state index contributed by atoms with van der Waals surface area (Å²) < 4.78 is 29.2. The second-order valence-corrected chi connectivity index (χ2v) is 7.09. The van der Waals surface area contributed by atoms with E-state index in [2.05, 4.69) is 15.1 Å². The minimum atomic E-state index is -3.50. The number of rotatable bonds is 9. The number of likely N-dealkylation sites (N-methyl/N-ethyl adjacent to an activating group) is 1. The molecule has 122 valence electrons. The van der Waals surface area contributed by atoms with Crippen LogP contribution in [0.5, 0.6) is 0 Å². The zero-order valence-corrected chi connectivity index (χ0v) is 14.4. The molecule has 1 rings (SSSR count). The van der Waals surface area contributed by atoms with Gasteiger partial charge in [-0.1, -0.05) is 0 Å². The summed E-state index contributed by atoms with van der Waals surface area (Å²) in [6.07, 6.45) is 0.909. The highest BCUT2D eigenvalue weighted by atomic mass is 32.2. The summed E-state index contributed by atoms with van der Waals surface area (Å²) in [7, 11) is 2.21. The van der Waals surface area contributed by atoms with Crippen molar-refractivity contribution in [3.05, 3.63) is 11.4 Å². The Labute approximate surface area is 127 Å². The highest BCUT2D eigenvalue weighted by Gasteiger charge is 2.24. The third kappa shape index (κ3) is 5.06. The molecule has 7 nitrogen and oxygen atoms in total. The van der Waals surface area contributed by atoms with E-state index in [0.717, 1.165) is 13.0 Å². The number of aromatic nitrogens is 2. The number of aryl methyl sites for hydroxylation is 2. The molecule has 0 fully saturated rings. The van der Waals surface area contributed by atoms with Gasteiger partial charge in [0.1, 0.15) is 4.90 Å². The number of hydrogen-bond acceptors (Lipinski definition) is 5. The SMILES string of the molecule is CNCCCn1nc(C)c(S(=O)(=O)NCCN(C)C)c1C. The average Bonchev–Trinajstić information content (AvgIpc) is 2.64. The predicted octanol–water partition coefficient (Wildman–Crippen LogP) is -0.0507. The van der Waals surface area contributed by atoms with E-state index in [-0.39, 0.29) is 0 Å². The quantitative estimate of drug-likeness (QED) is 0.624. The van der Waals surface area contributed by atoms with Gasteiger partial charge in [0.05, 0.1) is 11.4 Å². The van der Waals surface area contributed by atoms with E-state index in [4.69, 9.17) is 0 Å². The van der Waals surface area contributed by atoms with Crippen LogP contribution in [-0.4, -0.2) is 63.9 Å². The molecule has 0 aliphatic rings. The Balaban J connectivity index is 2.86. The predicted molar refractivity (Wildman–Crippen MR) is 84.0 cm³/mol. The van der Waals surface area contributed by atoms with Crippen LogP contribution >= 0.6 is 0 Å². The standard InChI is InChI=1S/C13H27N5O2S/c1-11-13(21(19,20)15-8-10-17(4)5)12(2)18(16-11)9-6-7-14-3/h14-15H,6-10H2,1-5H3. The van der Waals surface area contributed by atoms with E-state index in [0.29, 0.717) is 35.9 Å². The van der Waals surface area contributed by atoms with Crippen molar-refractivity contribution in [1.29, 1.82) is 0 Å². The molecule has 0 aliphatic carbocycles. The maximum absolute atomic E-state index is 12.4. The fourth-order valence-corrected chi connectivity index (χ4v) is 3.60. The van der Waals surface area contributed by atoms with Gasteiger partial charge in [0.25, 0.3) is 0 Å². The summed E-state index contributed by atoms with van der Waals surface area (Å²) in [6.45, 7) is 6.18. The van der Waals surface area contributed by atoms with Gasteiger partial charge in [0.2, 0.25) is 10.0 Å². The molecule has 0 saturated heterocycles. The Hall–Kier alpha value is -0.960. The lowest BCUT2D eigenvalue weighted by molar-refractivity contribution is 0.412. The fourth-order valence-electron chi connectivity index (χ4n) is 2.17. The number of nitrogens with zero attached hydrogens (tertiary/aromatic N) is 3. The Morgan fingerprint density at radius 1 is 1.24 bits per heavy atom. The van der Waals surface area contributed by atoms with Crippen LogP contribution in [0.15, 0.2) is 4.90 Å². The van der Waals surface area contributed by atoms with Crippen molar-refractivity contribution < 1.29 is 8.42 Å². The Morgan fingerprint density at radius 3 is 2.48 bits per heavy atom. The summed E-state index contributed by atoms with van der Waals surface area (Å²) in [5, 5.41) is 7.42. The smallest absolute Gasteiger partial charge is 0.244 e. The maximum atomic E-state index is 12.4. The Morgan fingerprint density at radius 2 is 1.90 bits per heavy atom. The van der Waals surface area contributed by atoms with E-state index in [1.54, 1.807) is 18.5 Å². The van der Waals surface area contributed by atoms with Gasteiger partial charge in [-0.2, -0.15) is 5.10 Å². The van der Waals surface area contributed by atoms with Crippen molar-refractivity contribution in [1.82, 2.24) is 24.7 Å². The molecular weight excluding hydrogens is 290 g/mol. The summed E-state index contributed by atoms with van der Waals surface area (Å²) in [4.78, 5) is 2.24. The van der Waals surface area contributed by atoms with Gasteiger partial charge in [-0.15, -0.1) is 0 Å². The number of nitrogens with one attached hydrogen (secondary N) is 2. The van der Waals surface area contributed by atoms with Crippen molar-refractivity contribution >= 4 is 10.0 Å². The van der Waals surface area contributed by atoms with E-state index in [1.165, 1.54) is 0 Å². The lowest BCUT2D eigenvalue weighted by atomic mass is 10.4. The lowest BCUT2D eigenvalue weighted by Crippen LogP contribution is -2.32. The summed E-state index contributed by atoms with van der Waals surface area (Å²) in [5.41, 5.74) is 1.25. The topological polar surface area (TPSA) is 79.3 Å². The molecule has 0 radical (unpaired) electrons. The number of sulfonamides is 1. The van der Waals surface area contributed by atoms with Crippen LogP contribution in [0, 0.1) is 13.8 Å². The lowest BCUT2D eigenvalue weighted by Gasteiger charge is -2.11. The van der Waals surface area contributed by atoms with Crippen molar-refractivity contribution in [3.63, 3.8) is 0 Å². The molecule has 2 N–H and O–H groups in total. The Bertz CT molecular complexity index is 551. The van der Waals surface area contributed by atoms with Crippen molar-refractivity contribution in [2.24, 2.45) is 0 Å². The molecular formula is C13H27N5O2S. The first-order valence-electron chi connectivity index (χ1n) is 7.12. The zero-order chi connectivity index (χ0) is 16.0. The Kier molecular flexibility index (Phi) is 6.79. The molecule has 1 aromatic heterocycles. The summed E-state index contributed by atoms with van der Waals surface area (Å²) >= 11 is 0. The first-order valence-corrected chi connectivity index (χ1v) is 8.61. The van der Waals surface area contributed by atoms with Crippen molar-refractivity contribution in [3.8, 4) is 0 Å². The van der Waals surface area contributed by atoms with Gasteiger partial charge in [0.15, 0.2) is 0 Å². The third-order valence-corrected chi connectivity index (χ3v) is 4.94. The van der Waals surface area contributed by atoms with Crippen LogP contribution in [0.2, 0.25) is 0 Å². The van der Waals surface area contributed by atoms with Crippen LogP contribution < -0.4 is 10.0 Å². The van der Waals surface area contributed by atoms with Crippen LogP contribution in [0.4, 0.5) is 0 Å². The van der Waals surface area contributed by atoms with Gasteiger partial charge in [-0.05, 0) is 48.0 Å². The molecule has 1 heterocycles. The molecule has 0 unspecified atom stereocenters. The second-order valence-electron chi connectivity index (χ2n) is 5.38. The van der Waals surface area contributed by atoms with Crippen molar-refractivity contribution in [2.75, 3.05) is 40.8 Å². The van der Waals surface area contributed by atoms with Crippen LogP contribution in [0.25, 0.3) is 0 Å². The van der Waals surface area contributed by atoms with E-state index >= 15 is 0 Å². The van der Waals surface area contributed by atoms with Crippen LogP contribution in [0.1, 0.15) is 17.8 Å². The summed E-state index contributed by atoms with van der Waals surface area (Å²) in [5.74, 6) is 0.